The first kappa shape index (κ1) is 24.2. The second-order valence-electron chi connectivity index (χ2n) is 6.79. The minimum Gasteiger partial charge on any atom is -0.459 e. The highest BCUT2D eigenvalue weighted by molar-refractivity contribution is 7.89. The van der Waals surface area contributed by atoms with E-state index >= 15 is 0 Å². The first-order valence-electron chi connectivity index (χ1n) is 9.97. The van der Waals surface area contributed by atoms with Crippen molar-refractivity contribution in [1.82, 2.24) is 9.62 Å². The van der Waals surface area contributed by atoms with Crippen molar-refractivity contribution >= 4 is 54.9 Å². The van der Waals surface area contributed by atoms with Crippen LogP contribution in [0.2, 0.25) is 5.02 Å². The lowest BCUT2D eigenvalue weighted by atomic mass is 10.2. The number of fused-ring (bicyclic) bond motifs is 1. The Hall–Kier alpha value is -2.46. The number of sulfonamides is 1. The lowest BCUT2D eigenvalue weighted by molar-refractivity contribution is -0.143. The SMILES string of the molecule is CCN(CC)S(=O)(=O)c1ccc(C(=O)NCC(=O)OCc2sc3ccccc3c2Cl)cc1. The van der Waals surface area contributed by atoms with E-state index in [9.17, 15) is 18.0 Å². The minimum absolute atomic E-state index is 0.0186. The van der Waals surface area contributed by atoms with Crippen molar-refractivity contribution in [3.05, 3.63) is 64.0 Å². The summed E-state index contributed by atoms with van der Waals surface area (Å²) in [5.74, 6) is -1.11. The minimum atomic E-state index is -3.60. The molecule has 3 aromatic rings. The van der Waals surface area contributed by atoms with E-state index in [1.54, 1.807) is 13.8 Å². The normalized spacial score (nSPS) is 11.6. The molecule has 0 saturated heterocycles. The predicted molar refractivity (Wildman–Crippen MR) is 126 cm³/mol. The molecular weight excluding hydrogens is 472 g/mol. The number of hydrogen-bond donors (Lipinski definition) is 1. The zero-order valence-electron chi connectivity index (χ0n) is 17.6. The fourth-order valence-corrected chi connectivity index (χ4v) is 5.96. The van der Waals surface area contributed by atoms with Gasteiger partial charge in [0.2, 0.25) is 10.0 Å². The summed E-state index contributed by atoms with van der Waals surface area (Å²) in [5, 5.41) is 3.94. The summed E-state index contributed by atoms with van der Waals surface area (Å²) in [6.45, 7) is 3.94. The van der Waals surface area contributed by atoms with Crippen molar-refractivity contribution in [2.75, 3.05) is 19.6 Å². The maximum absolute atomic E-state index is 12.5. The monoisotopic (exact) mass is 494 g/mol. The van der Waals surface area contributed by atoms with Crippen LogP contribution in [0.5, 0.6) is 0 Å². The second-order valence-corrected chi connectivity index (χ2v) is 10.2. The van der Waals surface area contributed by atoms with Crippen LogP contribution >= 0.6 is 22.9 Å². The van der Waals surface area contributed by atoms with Crippen LogP contribution in [0, 0.1) is 0 Å². The highest BCUT2D eigenvalue weighted by Crippen LogP contribution is 2.35. The first-order valence-corrected chi connectivity index (χ1v) is 12.6. The third-order valence-electron chi connectivity index (χ3n) is 4.82. The van der Waals surface area contributed by atoms with Crippen LogP contribution in [0.4, 0.5) is 0 Å². The molecule has 0 unspecified atom stereocenters. The first-order chi connectivity index (χ1) is 15.3. The molecule has 0 aliphatic heterocycles. The van der Waals surface area contributed by atoms with Crippen LogP contribution in [-0.4, -0.2) is 44.2 Å². The van der Waals surface area contributed by atoms with Gasteiger partial charge in [0.25, 0.3) is 5.91 Å². The third kappa shape index (κ3) is 5.29. The van der Waals surface area contributed by atoms with E-state index in [4.69, 9.17) is 16.3 Å². The molecule has 0 spiro atoms. The van der Waals surface area contributed by atoms with Gasteiger partial charge in [-0.15, -0.1) is 11.3 Å². The number of ether oxygens (including phenoxy) is 1. The van der Waals surface area contributed by atoms with Gasteiger partial charge in [-0.3, -0.25) is 9.59 Å². The standard InChI is InChI=1S/C22H23ClN2O5S2/c1-3-25(4-2)32(28,29)16-11-9-15(10-12-16)22(27)24-13-20(26)30-14-19-21(23)17-7-5-6-8-18(17)31-19/h5-12H,3-4,13-14H2,1-2H3,(H,24,27). The molecule has 0 bridgehead atoms. The Morgan fingerprint density at radius 1 is 1.06 bits per heavy atom. The second kappa shape index (κ2) is 10.4. The number of halogens is 1. The van der Waals surface area contributed by atoms with Crippen molar-refractivity contribution in [1.29, 1.82) is 0 Å². The van der Waals surface area contributed by atoms with Crippen LogP contribution in [-0.2, 0) is 26.2 Å². The van der Waals surface area contributed by atoms with Gasteiger partial charge in [0.15, 0.2) is 0 Å². The molecular formula is C22H23ClN2O5S2. The van der Waals surface area contributed by atoms with Gasteiger partial charge in [-0.25, -0.2) is 8.42 Å². The quantitative estimate of drug-likeness (QED) is 0.453. The fourth-order valence-electron chi connectivity index (χ4n) is 3.10. The van der Waals surface area contributed by atoms with Gasteiger partial charge >= 0.3 is 5.97 Å². The van der Waals surface area contributed by atoms with Gasteiger partial charge in [0, 0.05) is 28.7 Å². The molecule has 3 rings (SSSR count). The van der Waals surface area contributed by atoms with E-state index in [-0.39, 0.29) is 23.6 Å². The molecule has 0 atom stereocenters. The van der Waals surface area contributed by atoms with Crippen molar-refractivity contribution < 1.29 is 22.7 Å². The van der Waals surface area contributed by atoms with E-state index in [1.807, 2.05) is 24.3 Å². The number of amides is 1. The van der Waals surface area contributed by atoms with Gasteiger partial charge in [0.1, 0.15) is 13.2 Å². The molecule has 0 saturated carbocycles. The average Bonchev–Trinajstić information content (AvgIpc) is 3.12. The van der Waals surface area contributed by atoms with E-state index in [2.05, 4.69) is 5.32 Å². The zero-order valence-corrected chi connectivity index (χ0v) is 20.0. The van der Waals surface area contributed by atoms with Crippen LogP contribution in [0.3, 0.4) is 0 Å². The van der Waals surface area contributed by atoms with Crippen LogP contribution in [0.25, 0.3) is 10.1 Å². The summed E-state index contributed by atoms with van der Waals surface area (Å²) in [4.78, 5) is 25.2. The number of benzene rings is 2. The molecule has 7 nitrogen and oxygen atoms in total. The Kier molecular flexibility index (Phi) is 7.89. The van der Waals surface area contributed by atoms with Crippen molar-refractivity contribution in [2.45, 2.75) is 25.3 Å². The van der Waals surface area contributed by atoms with Crippen molar-refractivity contribution in [2.24, 2.45) is 0 Å². The highest BCUT2D eigenvalue weighted by Gasteiger charge is 2.22. The molecule has 1 N–H and O–H groups in total. The number of nitrogens with zero attached hydrogens (tertiary/aromatic N) is 1. The molecule has 0 radical (unpaired) electrons. The van der Waals surface area contributed by atoms with E-state index < -0.39 is 21.9 Å². The Balaban J connectivity index is 1.54. The lowest BCUT2D eigenvalue weighted by Crippen LogP contribution is -2.31. The summed E-state index contributed by atoms with van der Waals surface area (Å²) in [7, 11) is -3.60. The average molecular weight is 495 g/mol. The van der Waals surface area contributed by atoms with Gasteiger partial charge in [-0.1, -0.05) is 43.6 Å². The molecule has 0 aliphatic carbocycles. The maximum atomic E-state index is 12.5. The number of esters is 1. The zero-order chi connectivity index (χ0) is 23.3. The largest absolute Gasteiger partial charge is 0.459 e. The van der Waals surface area contributed by atoms with Crippen molar-refractivity contribution in [3.8, 4) is 0 Å². The number of hydrogen-bond acceptors (Lipinski definition) is 6. The molecule has 0 aliphatic rings. The topological polar surface area (TPSA) is 92.8 Å². The van der Waals surface area contributed by atoms with Crippen LogP contribution in [0.1, 0.15) is 29.1 Å². The van der Waals surface area contributed by atoms with Crippen molar-refractivity contribution in [3.63, 3.8) is 0 Å². The Labute approximate surface area is 196 Å². The van der Waals surface area contributed by atoms with E-state index in [0.717, 1.165) is 15.0 Å². The van der Waals surface area contributed by atoms with Crippen LogP contribution < -0.4 is 5.32 Å². The number of thiophene rings is 1. The van der Waals surface area contributed by atoms with Crippen LogP contribution in [0.15, 0.2) is 53.4 Å². The lowest BCUT2D eigenvalue weighted by Gasteiger charge is -2.18. The molecule has 32 heavy (non-hydrogen) atoms. The summed E-state index contributed by atoms with van der Waals surface area (Å²) >= 11 is 7.78. The summed E-state index contributed by atoms with van der Waals surface area (Å²) in [6.07, 6.45) is 0. The number of carbonyl (C=O) groups is 2. The molecule has 0 fully saturated rings. The Morgan fingerprint density at radius 3 is 2.34 bits per heavy atom. The molecule has 1 heterocycles. The summed E-state index contributed by atoms with van der Waals surface area (Å²) < 4.78 is 32.6. The number of carbonyl (C=O) groups excluding carboxylic acids is 2. The molecule has 1 amide bonds. The molecule has 10 heteroatoms. The molecule has 170 valence electrons. The number of nitrogens with one attached hydrogen (secondary N) is 1. The van der Waals surface area contributed by atoms with E-state index in [1.165, 1.54) is 39.9 Å². The fraction of sp³-hybridized carbons (Fsp3) is 0.273. The Morgan fingerprint density at radius 2 is 1.72 bits per heavy atom. The summed E-state index contributed by atoms with van der Waals surface area (Å²) in [5.41, 5.74) is 0.240. The predicted octanol–water partition coefficient (Wildman–Crippen LogP) is 4.06. The van der Waals surface area contributed by atoms with Gasteiger partial charge in [-0.2, -0.15) is 4.31 Å². The molecule has 1 aromatic heterocycles. The van der Waals surface area contributed by atoms with E-state index in [0.29, 0.717) is 18.1 Å². The Bertz CT molecular complexity index is 1220. The smallest absolute Gasteiger partial charge is 0.325 e. The van der Waals surface area contributed by atoms with Gasteiger partial charge in [-0.05, 0) is 30.3 Å². The summed E-state index contributed by atoms with van der Waals surface area (Å²) in [6, 6.07) is 13.2. The molecule has 2 aromatic carbocycles. The highest BCUT2D eigenvalue weighted by atomic mass is 35.5. The number of rotatable bonds is 9. The van der Waals surface area contributed by atoms with Gasteiger partial charge < -0.3 is 10.1 Å². The third-order valence-corrected chi connectivity index (χ3v) is 8.57. The van der Waals surface area contributed by atoms with Gasteiger partial charge in [0.05, 0.1) is 14.8 Å². The maximum Gasteiger partial charge on any atom is 0.325 e.